The molecule has 12 heteroatoms. The van der Waals surface area contributed by atoms with E-state index < -0.39 is 6.10 Å². The van der Waals surface area contributed by atoms with Gasteiger partial charge in [0.15, 0.2) is 0 Å². The molecule has 0 unspecified atom stereocenters. The number of unbranched alkanes of at least 4 members (excludes halogenated alkanes) is 3. The summed E-state index contributed by atoms with van der Waals surface area (Å²) in [4.78, 5) is 25.2. The summed E-state index contributed by atoms with van der Waals surface area (Å²) in [5, 5.41) is 23.6. The minimum atomic E-state index is -1.73. The van der Waals surface area contributed by atoms with E-state index in [0.717, 1.165) is 38.5 Å². The Kier molecular flexibility index (Phi) is 13.9. The van der Waals surface area contributed by atoms with Crippen LogP contribution >= 0.6 is 0 Å². The predicted molar refractivity (Wildman–Crippen MR) is 116 cm³/mol. The standard InChI is InChI=1S/C19H38N6O6/c1-5-8-11-28-19(29-12-9-6-2,31-30-13-10-7-3)25(4)18-23-16(20-14-26)22-17(24-18)21-15-27/h26-27H,5-15H2,1-4H3,(H2,20,21,22,23,24). The van der Waals surface area contributed by atoms with Crippen LogP contribution in [0.15, 0.2) is 0 Å². The van der Waals surface area contributed by atoms with Gasteiger partial charge in [-0.1, -0.05) is 40.0 Å². The van der Waals surface area contributed by atoms with Crippen LogP contribution in [0.4, 0.5) is 17.8 Å². The van der Waals surface area contributed by atoms with E-state index in [-0.39, 0.29) is 31.3 Å². The Hall–Kier alpha value is -1.83. The monoisotopic (exact) mass is 446 g/mol. The molecular formula is C19H38N6O6. The number of ether oxygens (including phenoxy) is 2. The fraction of sp³-hybridized carbons (Fsp3) is 0.842. The van der Waals surface area contributed by atoms with Gasteiger partial charge >= 0.3 is 6.10 Å². The Labute approximate surface area is 184 Å². The first-order valence-electron chi connectivity index (χ1n) is 10.8. The van der Waals surface area contributed by atoms with Crippen molar-refractivity contribution in [3.63, 3.8) is 0 Å². The highest BCUT2D eigenvalue weighted by Crippen LogP contribution is 2.27. The summed E-state index contributed by atoms with van der Waals surface area (Å²) in [5.74, 6) is 0.311. The predicted octanol–water partition coefficient (Wildman–Crippen LogP) is 2.02. The topological polar surface area (TPSA) is 143 Å². The number of aliphatic hydroxyl groups is 2. The summed E-state index contributed by atoms with van der Waals surface area (Å²) in [7, 11) is 1.64. The minimum absolute atomic E-state index is 0.0956. The van der Waals surface area contributed by atoms with E-state index in [9.17, 15) is 10.2 Å². The zero-order valence-corrected chi connectivity index (χ0v) is 19.1. The first-order chi connectivity index (χ1) is 15.1. The summed E-state index contributed by atoms with van der Waals surface area (Å²) < 4.78 is 12.1. The van der Waals surface area contributed by atoms with Gasteiger partial charge in [-0.05, 0) is 19.3 Å². The molecule has 0 aliphatic carbocycles. The molecule has 0 saturated carbocycles. The molecule has 1 aromatic rings. The molecule has 0 aliphatic rings. The number of nitrogens with zero attached hydrogens (tertiary/aromatic N) is 4. The van der Waals surface area contributed by atoms with E-state index in [2.05, 4.69) is 46.4 Å². The average molecular weight is 447 g/mol. The number of aliphatic hydroxyl groups excluding tert-OH is 2. The maximum atomic E-state index is 9.19. The fourth-order valence-electron chi connectivity index (χ4n) is 2.29. The third-order valence-corrected chi connectivity index (χ3v) is 4.12. The molecule has 1 aromatic heterocycles. The van der Waals surface area contributed by atoms with E-state index in [4.69, 9.17) is 19.2 Å². The molecule has 0 aliphatic heterocycles. The van der Waals surface area contributed by atoms with Crippen molar-refractivity contribution in [2.45, 2.75) is 65.4 Å². The van der Waals surface area contributed by atoms with Crippen LogP contribution in [0.2, 0.25) is 0 Å². The number of nitrogens with one attached hydrogen (secondary N) is 2. The van der Waals surface area contributed by atoms with Crippen LogP contribution in [0.1, 0.15) is 59.3 Å². The van der Waals surface area contributed by atoms with E-state index in [1.54, 1.807) is 7.05 Å². The van der Waals surface area contributed by atoms with E-state index in [1.165, 1.54) is 4.90 Å². The summed E-state index contributed by atoms with van der Waals surface area (Å²) >= 11 is 0. The summed E-state index contributed by atoms with van der Waals surface area (Å²) in [5.41, 5.74) is 0. The largest absolute Gasteiger partial charge is 0.406 e. The van der Waals surface area contributed by atoms with Crippen molar-refractivity contribution in [3.05, 3.63) is 0 Å². The second-order valence-corrected chi connectivity index (χ2v) is 6.70. The molecule has 1 rings (SSSR count). The molecule has 0 spiro atoms. The molecule has 0 bridgehead atoms. The van der Waals surface area contributed by atoms with Gasteiger partial charge in [-0.3, -0.25) is 4.90 Å². The van der Waals surface area contributed by atoms with E-state index in [0.29, 0.717) is 19.8 Å². The van der Waals surface area contributed by atoms with E-state index in [1.807, 2.05) is 0 Å². The van der Waals surface area contributed by atoms with Gasteiger partial charge in [0, 0.05) is 7.05 Å². The van der Waals surface area contributed by atoms with Crippen LogP contribution in [-0.2, 0) is 19.2 Å². The second kappa shape index (κ2) is 15.9. The second-order valence-electron chi connectivity index (χ2n) is 6.70. The molecule has 0 fully saturated rings. The normalized spacial score (nSPS) is 11.5. The Bertz CT molecular complexity index is 563. The van der Waals surface area contributed by atoms with Gasteiger partial charge in [-0.25, -0.2) is 4.89 Å². The van der Waals surface area contributed by atoms with Gasteiger partial charge < -0.3 is 30.3 Å². The fourth-order valence-corrected chi connectivity index (χ4v) is 2.29. The summed E-state index contributed by atoms with van der Waals surface area (Å²) in [6.45, 7) is 6.48. The SMILES string of the molecule is CCCCOOC(OCCCC)(OCCCC)N(C)c1nc(NCO)nc(NCO)n1. The summed E-state index contributed by atoms with van der Waals surface area (Å²) in [6.07, 6.45) is 3.45. The van der Waals surface area contributed by atoms with Gasteiger partial charge in [-0.15, -0.1) is 4.89 Å². The Morgan fingerprint density at radius 1 is 0.806 bits per heavy atom. The van der Waals surface area contributed by atoms with Gasteiger partial charge in [0.2, 0.25) is 17.8 Å². The van der Waals surface area contributed by atoms with Crippen molar-refractivity contribution >= 4 is 17.8 Å². The van der Waals surface area contributed by atoms with Crippen LogP contribution in [0.3, 0.4) is 0 Å². The van der Waals surface area contributed by atoms with Gasteiger partial charge in [-0.2, -0.15) is 15.0 Å². The lowest BCUT2D eigenvalue weighted by Crippen LogP contribution is -2.55. The number of aromatic nitrogens is 3. The van der Waals surface area contributed by atoms with Crippen LogP contribution in [-0.4, -0.2) is 71.6 Å². The molecule has 4 N–H and O–H groups in total. The Morgan fingerprint density at radius 2 is 1.29 bits per heavy atom. The number of hydrogen-bond donors (Lipinski definition) is 4. The Balaban J connectivity index is 3.26. The zero-order valence-electron chi connectivity index (χ0n) is 19.1. The lowest BCUT2D eigenvalue weighted by atomic mass is 10.3. The van der Waals surface area contributed by atoms with Crippen molar-refractivity contribution in [2.75, 3.05) is 55.9 Å². The molecular weight excluding hydrogens is 408 g/mol. The van der Waals surface area contributed by atoms with Crippen LogP contribution in [0, 0.1) is 0 Å². The first kappa shape index (κ1) is 27.2. The molecule has 0 saturated heterocycles. The molecule has 31 heavy (non-hydrogen) atoms. The highest BCUT2D eigenvalue weighted by molar-refractivity contribution is 5.43. The highest BCUT2D eigenvalue weighted by atomic mass is 17.3. The molecule has 180 valence electrons. The number of anilines is 3. The van der Waals surface area contributed by atoms with Crippen molar-refractivity contribution in [1.82, 2.24) is 15.0 Å². The van der Waals surface area contributed by atoms with Crippen LogP contribution < -0.4 is 15.5 Å². The minimum Gasteiger partial charge on any atom is -0.376 e. The van der Waals surface area contributed by atoms with Crippen molar-refractivity contribution < 1.29 is 29.5 Å². The first-order valence-corrected chi connectivity index (χ1v) is 10.8. The average Bonchev–Trinajstić information content (AvgIpc) is 2.76. The maximum Gasteiger partial charge on any atom is 0.406 e. The smallest absolute Gasteiger partial charge is 0.376 e. The van der Waals surface area contributed by atoms with Crippen LogP contribution in [0.5, 0.6) is 0 Å². The Morgan fingerprint density at radius 3 is 1.74 bits per heavy atom. The molecule has 0 amide bonds. The quantitative estimate of drug-likeness (QED) is 0.107. The third kappa shape index (κ3) is 9.46. The van der Waals surface area contributed by atoms with Crippen molar-refractivity contribution in [3.8, 4) is 0 Å². The third-order valence-electron chi connectivity index (χ3n) is 4.12. The van der Waals surface area contributed by atoms with Gasteiger partial charge in [0.05, 0.1) is 19.8 Å². The summed E-state index contributed by atoms with van der Waals surface area (Å²) in [6, 6.07) is 0. The van der Waals surface area contributed by atoms with Gasteiger partial charge in [0.1, 0.15) is 13.5 Å². The molecule has 0 aromatic carbocycles. The zero-order chi connectivity index (χ0) is 23.0. The molecule has 12 nitrogen and oxygen atoms in total. The lowest BCUT2D eigenvalue weighted by Gasteiger charge is -2.38. The molecule has 0 radical (unpaired) electrons. The molecule has 0 atom stereocenters. The number of rotatable bonds is 19. The van der Waals surface area contributed by atoms with E-state index >= 15 is 0 Å². The van der Waals surface area contributed by atoms with Crippen LogP contribution in [0.25, 0.3) is 0 Å². The van der Waals surface area contributed by atoms with Crippen molar-refractivity contribution in [2.24, 2.45) is 0 Å². The van der Waals surface area contributed by atoms with Crippen molar-refractivity contribution in [1.29, 1.82) is 0 Å². The number of hydrogen-bond acceptors (Lipinski definition) is 12. The maximum absolute atomic E-state index is 9.19. The van der Waals surface area contributed by atoms with Gasteiger partial charge in [0.25, 0.3) is 0 Å². The highest BCUT2D eigenvalue weighted by Gasteiger charge is 2.43. The molecule has 1 heterocycles. The lowest BCUT2D eigenvalue weighted by molar-refractivity contribution is -0.505.